The number of nitrogens with one attached hydrogen (secondary N) is 2. The normalized spacial score (nSPS) is 19.0. The molecule has 0 amide bonds. The molecule has 30 heavy (non-hydrogen) atoms. The van der Waals surface area contributed by atoms with Gasteiger partial charge in [0.2, 0.25) is 5.95 Å². The Hall–Kier alpha value is -2.18. The molecule has 2 N–H and O–H groups in total. The third kappa shape index (κ3) is 5.29. The highest BCUT2D eigenvalue weighted by molar-refractivity contribution is 9.10. The van der Waals surface area contributed by atoms with Gasteiger partial charge in [0, 0.05) is 36.5 Å². The summed E-state index contributed by atoms with van der Waals surface area (Å²) < 4.78 is 1.13. The minimum atomic E-state index is 0.448. The SMILES string of the molecule is CN(C)c1nc(N[C@H]2CC[C@@H](CNCc3ccc(Br)cc3)CC2)nc2ccccc12. The van der Waals surface area contributed by atoms with Gasteiger partial charge in [-0.25, -0.2) is 4.98 Å². The van der Waals surface area contributed by atoms with E-state index >= 15 is 0 Å². The summed E-state index contributed by atoms with van der Waals surface area (Å²) in [6.45, 7) is 2.02. The van der Waals surface area contributed by atoms with Crippen molar-refractivity contribution >= 4 is 38.6 Å². The monoisotopic (exact) mass is 467 g/mol. The first-order chi connectivity index (χ1) is 14.6. The number of rotatable bonds is 7. The Balaban J connectivity index is 1.29. The third-order valence-corrected chi connectivity index (χ3v) is 6.39. The second-order valence-electron chi connectivity index (χ2n) is 8.40. The van der Waals surface area contributed by atoms with Crippen molar-refractivity contribution in [3.8, 4) is 0 Å². The first kappa shape index (κ1) is 21.1. The molecule has 1 fully saturated rings. The molecule has 158 valence electrons. The van der Waals surface area contributed by atoms with Crippen molar-refractivity contribution in [2.75, 3.05) is 30.9 Å². The smallest absolute Gasteiger partial charge is 0.225 e. The Morgan fingerprint density at radius 2 is 1.70 bits per heavy atom. The molecule has 2 aromatic carbocycles. The van der Waals surface area contributed by atoms with Gasteiger partial charge in [-0.3, -0.25) is 0 Å². The van der Waals surface area contributed by atoms with Crippen LogP contribution in [-0.2, 0) is 6.54 Å². The molecule has 5 nitrogen and oxygen atoms in total. The summed E-state index contributed by atoms with van der Waals surface area (Å²) in [5.74, 6) is 2.46. The van der Waals surface area contributed by atoms with Crippen LogP contribution in [-0.4, -0.2) is 36.6 Å². The fourth-order valence-electron chi connectivity index (χ4n) is 4.18. The maximum Gasteiger partial charge on any atom is 0.225 e. The van der Waals surface area contributed by atoms with Gasteiger partial charge in [-0.15, -0.1) is 0 Å². The molecule has 0 atom stereocenters. The molecule has 0 aliphatic heterocycles. The van der Waals surface area contributed by atoms with Crippen LogP contribution < -0.4 is 15.5 Å². The highest BCUT2D eigenvalue weighted by Gasteiger charge is 2.22. The predicted molar refractivity (Wildman–Crippen MR) is 129 cm³/mol. The molecule has 4 rings (SSSR count). The molecule has 0 saturated heterocycles. The first-order valence-corrected chi connectivity index (χ1v) is 11.5. The summed E-state index contributed by atoms with van der Waals surface area (Å²) in [6, 6.07) is 17.2. The van der Waals surface area contributed by atoms with Gasteiger partial charge in [0.25, 0.3) is 0 Å². The summed E-state index contributed by atoms with van der Waals surface area (Å²) in [7, 11) is 4.07. The van der Waals surface area contributed by atoms with E-state index in [1.165, 1.54) is 18.4 Å². The Bertz CT molecular complexity index is 965. The largest absolute Gasteiger partial charge is 0.362 e. The van der Waals surface area contributed by atoms with Crippen molar-refractivity contribution < 1.29 is 0 Å². The van der Waals surface area contributed by atoms with E-state index in [0.29, 0.717) is 6.04 Å². The van der Waals surface area contributed by atoms with Gasteiger partial charge in [0.1, 0.15) is 5.82 Å². The quantitative estimate of drug-likeness (QED) is 0.498. The van der Waals surface area contributed by atoms with E-state index in [-0.39, 0.29) is 0 Å². The van der Waals surface area contributed by atoms with Crippen LogP contribution in [0.1, 0.15) is 31.2 Å². The van der Waals surface area contributed by atoms with E-state index in [4.69, 9.17) is 9.97 Å². The zero-order valence-corrected chi connectivity index (χ0v) is 19.3. The third-order valence-electron chi connectivity index (χ3n) is 5.86. The fraction of sp³-hybridized carbons (Fsp3) is 0.417. The zero-order chi connectivity index (χ0) is 20.9. The molecular formula is C24H30BrN5. The van der Waals surface area contributed by atoms with Crippen molar-refractivity contribution in [2.24, 2.45) is 5.92 Å². The number of hydrogen-bond donors (Lipinski definition) is 2. The lowest BCUT2D eigenvalue weighted by Crippen LogP contribution is -2.31. The van der Waals surface area contributed by atoms with E-state index in [9.17, 15) is 0 Å². The molecule has 1 aliphatic rings. The molecule has 0 radical (unpaired) electrons. The molecule has 1 saturated carbocycles. The van der Waals surface area contributed by atoms with Gasteiger partial charge >= 0.3 is 0 Å². The molecule has 1 aliphatic carbocycles. The molecule has 6 heteroatoms. The molecule has 3 aromatic rings. The average molecular weight is 468 g/mol. The van der Waals surface area contributed by atoms with Crippen molar-refractivity contribution in [3.63, 3.8) is 0 Å². The number of benzene rings is 2. The van der Waals surface area contributed by atoms with E-state index in [2.05, 4.69) is 67.9 Å². The van der Waals surface area contributed by atoms with Gasteiger partial charge < -0.3 is 15.5 Å². The number of fused-ring (bicyclic) bond motifs is 1. The summed E-state index contributed by atoms with van der Waals surface area (Å²) in [4.78, 5) is 11.6. The van der Waals surface area contributed by atoms with Crippen LogP contribution in [0.2, 0.25) is 0 Å². The lowest BCUT2D eigenvalue weighted by atomic mass is 9.86. The number of halogens is 1. The van der Waals surface area contributed by atoms with Crippen LogP contribution in [0.15, 0.2) is 53.0 Å². The average Bonchev–Trinajstić information content (AvgIpc) is 2.76. The molecule has 0 spiro atoms. The number of anilines is 2. The van der Waals surface area contributed by atoms with Crippen LogP contribution in [0.3, 0.4) is 0 Å². The van der Waals surface area contributed by atoms with E-state index in [1.54, 1.807) is 0 Å². The molecule has 1 heterocycles. The summed E-state index contributed by atoms with van der Waals surface area (Å²) >= 11 is 3.49. The number of nitrogens with zero attached hydrogens (tertiary/aromatic N) is 3. The number of hydrogen-bond acceptors (Lipinski definition) is 5. The Kier molecular flexibility index (Phi) is 6.85. The zero-order valence-electron chi connectivity index (χ0n) is 17.7. The van der Waals surface area contributed by atoms with Gasteiger partial charge in [0.15, 0.2) is 0 Å². The lowest BCUT2D eigenvalue weighted by molar-refractivity contribution is 0.324. The number of aromatic nitrogens is 2. The second-order valence-corrected chi connectivity index (χ2v) is 9.32. The van der Waals surface area contributed by atoms with Gasteiger partial charge in [0.05, 0.1) is 5.52 Å². The molecule has 1 aromatic heterocycles. The molecule has 0 bridgehead atoms. The van der Waals surface area contributed by atoms with Crippen LogP contribution >= 0.6 is 15.9 Å². The van der Waals surface area contributed by atoms with E-state index in [1.807, 2.05) is 26.2 Å². The molecular weight excluding hydrogens is 438 g/mol. The summed E-state index contributed by atoms with van der Waals surface area (Å²) in [6.07, 6.45) is 4.80. The topological polar surface area (TPSA) is 53.1 Å². The standard InChI is InChI=1S/C24H30BrN5/c1-30(2)23-21-5-3-4-6-22(21)28-24(29-23)27-20-13-9-18(10-14-20)16-26-15-17-7-11-19(25)12-8-17/h3-8,11-12,18,20,26H,9-10,13-16H2,1-2H3,(H,27,28,29)/t18-,20+. The summed E-state index contributed by atoms with van der Waals surface area (Å²) in [5.41, 5.74) is 2.32. The van der Waals surface area contributed by atoms with Gasteiger partial charge in [-0.2, -0.15) is 4.98 Å². The lowest BCUT2D eigenvalue weighted by Gasteiger charge is -2.29. The maximum absolute atomic E-state index is 4.79. The predicted octanol–water partition coefficient (Wildman–Crippen LogP) is 5.22. The first-order valence-electron chi connectivity index (χ1n) is 10.7. The Morgan fingerprint density at radius 1 is 0.967 bits per heavy atom. The van der Waals surface area contributed by atoms with Crippen molar-refractivity contribution in [1.29, 1.82) is 0 Å². The second kappa shape index (κ2) is 9.75. The number of para-hydroxylation sites is 1. The van der Waals surface area contributed by atoms with Crippen molar-refractivity contribution in [3.05, 3.63) is 58.6 Å². The van der Waals surface area contributed by atoms with Gasteiger partial charge in [-0.05, 0) is 68.0 Å². The van der Waals surface area contributed by atoms with Crippen LogP contribution in [0.4, 0.5) is 11.8 Å². The summed E-state index contributed by atoms with van der Waals surface area (Å²) in [5, 5.41) is 8.32. The van der Waals surface area contributed by atoms with Gasteiger partial charge in [-0.1, -0.05) is 40.2 Å². The minimum absolute atomic E-state index is 0.448. The van der Waals surface area contributed by atoms with E-state index < -0.39 is 0 Å². The Morgan fingerprint density at radius 3 is 2.43 bits per heavy atom. The Labute approximate surface area is 187 Å². The van der Waals surface area contributed by atoms with E-state index in [0.717, 1.165) is 59.0 Å². The maximum atomic E-state index is 4.79. The highest BCUT2D eigenvalue weighted by Crippen LogP contribution is 2.28. The van der Waals surface area contributed by atoms with Crippen molar-refractivity contribution in [2.45, 2.75) is 38.3 Å². The van der Waals surface area contributed by atoms with Crippen molar-refractivity contribution in [1.82, 2.24) is 15.3 Å². The minimum Gasteiger partial charge on any atom is -0.362 e. The van der Waals surface area contributed by atoms with Crippen LogP contribution in [0.25, 0.3) is 10.9 Å². The fourth-order valence-corrected chi connectivity index (χ4v) is 4.45. The molecule has 0 unspecified atom stereocenters. The van der Waals surface area contributed by atoms with Crippen LogP contribution in [0, 0.1) is 5.92 Å². The van der Waals surface area contributed by atoms with Crippen LogP contribution in [0.5, 0.6) is 0 Å². The highest BCUT2D eigenvalue weighted by atomic mass is 79.9.